The Morgan fingerprint density at radius 2 is 2.04 bits per heavy atom. The number of carbonyl (C=O) groups excluding carboxylic acids is 1. The summed E-state index contributed by atoms with van der Waals surface area (Å²) in [5.41, 5.74) is 2.11. The van der Waals surface area contributed by atoms with Gasteiger partial charge in [-0.25, -0.2) is 0 Å². The van der Waals surface area contributed by atoms with Crippen molar-refractivity contribution >= 4 is 12.0 Å². The van der Waals surface area contributed by atoms with Crippen LogP contribution in [0.25, 0.3) is 6.08 Å². The lowest BCUT2D eigenvalue weighted by atomic mass is 10.0. The topological polar surface area (TPSA) is 29.5 Å². The van der Waals surface area contributed by atoms with Crippen LogP contribution in [0, 0.1) is 5.92 Å². The summed E-state index contributed by atoms with van der Waals surface area (Å²) in [5, 5.41) is 0. The molecule has 1 fully saturated rings. The molecule has 0 N–H and O–H groups in total. The highest BCUT2D eigenvalue weighted by atomic mass is 16.5. The number of hydrogen-bond donors (Lipinski definition) is 0. The van der Waals surface area contributed by atoms with Crippen LogP contribution in [0.3, 0.4) is 0 Å². The number of nitrogens with zero attached hydrogens (tertiary/aromatic N) is 1. The van der Waals surface area contributed by atoms with E-state index in [-0.39, 0.29) is 5.91 Å². The molecule has 1 unspecified atom stereocenters. The van der Waals surface area contributed by atoms with Gasteiger partial charge < -0.3 is 9.64 Å². The first-order valence-electron chi connectivity index (χ1n) is 8.94. The molecule has 0 spiro atoms. The molecule has 0 radical (unpaired) electrons. The summed E-state index contributed by atoms with van der Waals surface area (Å²) in [4.78, 5) is 14.3. The average molecular weight is 335 g/mol. The molecule has 1 heterocycles. The van der Waals surface area contributed by atoms with E-state index in [2.05, 4.69) is 6.92 Å². The van der Waals surface area contributed by atoms with Gasteiger partial charge in [0.05, 0.1) is 0 Å². The summed E-state index contributed by atoms with van der Waals surface area (Å²) in [6.45, 7) is 4.48. The van der Waals surface area contributed by atoms with Gasteiger partial charge in [0.1, 0.15) is 12.4 Å². The van der Waals surface area contributed by atoms with E-state index in [1.54, 1.807) is 6.08 Å². The van der Waals surface area contributed by atoms with E-state index in [9.17, 15) is 4.79 Å². The SMILES string of the molecule is CC1CCCN(C(=O)/C=C/c2cccc(OCc3ccccc3)c2)C1. The Balaban J connectivity index is 1.58. The highest BCUT2D eigenvalue weighted by Crippen LogP contribution is 2.18. The first kappa shape index (κ1) is 17.3. The second-order valence-corrected chi connectivity index (χ2v) is 6.71. The van der Waals surface area contributed by atoms with Gasteiger partial charge >= 0.3 is 0 Å². The molecule has 25 heavy (non-hydrogen) atoms. The van der Waals surface area contributed by atoms with Crippen molar-refractivity contribution in [3.63, 3.8) is 0 Å². The summed E-state index contributed by atoms with van der Waals surface area (Å²) < 4.78 is 5.84. The van der Waals surface area contributed by atoms with Crippen molar-refractivity contribution in [3.8, 4) is 5.75 Å². The minimum Gasteiger partial charge on any atom is -0.489 e. The lowest BCUT2D eigenvalue weighted by molar-refractivity contribution is -0.127. The molecule has 1 saturated heterocycles. The standard InChI is InChI=1S/C22H25NO2/c1-18-7-6-14-23(16-18)22(24)13-12-19-10-5-11-21(15-19)25-17-20-8-3-2-4-9-20/h2-5,8-13,15,18H,6-7,14,16-17H2,1H3/b13-12+. The predicted molar refractivity (Wildman–Crippen MR) is 101 cm³/mol. The van der Waals surface area contributed by atoms with E-state index >= 15 is 0 Å². The molecule has 0 aromatic heterocycles. The van der Waals surface area contributed by atoms with Gasteiger partial charge in [-0.05, 0) is 48.1 Å². The number of amides is 1. The minimum atomic E-state index is 0.0992. The van der Waals surface area contributed by atoms with Crippen LogP contribution in [-0.2, 0) is 11.4 Å². The quantitative estimate of drug-likeness (QED) is 0.751. The van der Waals surface area contributed by atoms with Crippen molar-refractivity contribution in [2.75, 3.05) is 13.1 Å². The van der Waals surface area contributed by atoms with Crippen molar-refractivity contribution in [1.82, 2.24) is 4.90 Å². The zero-order valence-electron chi connectivity index (χ0n) is 14.7. The molecular formula is C22H25NO2. The lowest BCUT2D eigenvalue weighted by Gasteiger charge is -2.30. The largest absolute Gasteiger partial charge is 0.489 e. The van der Waals surface area contributed by atoms with E-state index in [1.807, 2.05) is 65.6 Å². The predicted octanol–water partition coefficient (Wildman–Crippen LogP) is 4.54. The second-order valence-electron chi connectivity index (χ2n) is 6.71. The van der Waals surface area contributed by atoms with E-state index in [0.717, 1.165) is 36.4 Å². The van der Waals surface area contributed by atoms with E-state index in [4.69, 9.17) is 4.74 Å². The number of rotatable bonds is 5. The normalized spacial score (nSPS) is 17.6. The van der Waals surface area contributed by atoms with Gasteiger partial charge in [0.2, 0.25) is 5.91 Å². The average Bonchev–Trinajstić information content (AvgIpc) is 2.66. The molecule has 3 nitrogen and oxygen atoms in total. The first-order valence-corrected chi connectivity index (χ1v) is 8.94. The molecule has 1 amide bonds. The molecule has 1 atom stereocenters. The summed E-state index contributed by atoms with van der Waals surface area (Å²) >= 11 is 0. The molecule has 0 aliphatic carbocycles. The van der Waals surface area contributed by atoms with E-state index in [1.165, 1.54) is 6.42 Å². The number of ether oxygens (including phenoxy) is 1. The molecule has 0 saturated carbocycles. The fourth-order valence-corrected chi connectivity index (χ4v) is 3.11. The van der Waals surface area contributed by atoms with Gasteiger partial charge in [-0.2, -0.15) is 0 Å². The lowest BCUT2D eigenvalue weighted by Crippen LogP contribution is -2.38. The maximum Gasteiger partial charge on any atom is 0.246 e. The molecule has 0 bridgehead atoms. The van der Waals surface area contributed by atoms with Crippen LogP contribution in [-0.4, -0.2) is 23.9 Å². The maximum atomic E-state index is 12.3. The van der Waals surface area contributed by atoms with Crippen molar-refractivity contribution in [1.29, 1.82) is 0 Å². The highest BCUT2D eigenvalue weighted by Gasteiger charge is 2.18. The molecule has 130 valence electrons. The van der Waals surface area contributed by atoms with Crippen LogP contribution in [0.15, 0.2) is 60.7 Å². The highest BCUT2D eigenvalue weighted by molar-refractivity contribution is 5.91. The van der Waals surface area contributed by atoms with Gasteiger partial charge in [0, 0.05) is 19.2 Å². The molecule has 3 rings (SSSR count). The zero-order valence-corrected chi connectivity index (χ0v) is 14.7. The van der Waals surface area contributed by atoms with Gasteiger partial charge in [-0.1, -0.05) is 49.4 Å². The Labute approximate surface area is 149 Å². The van der Waals surface area contributed by atoms with Crippen LogP contribution < -0.4 is 4.74 Å². The Morgan fingerprint density at radius 1 is 1.20 bits per heavy atom. The number of piperidine rings is 1. The third kappa shape index (κ3) is 5.21. The maximum absolute atomic E-state index is 12.3. The summed E-state index contributed by atoms with van der Waals surface area (Å²) in [7, 11) is 0. The van der Waals surface area contributed by atoms with Crippen molar-refractivity contribution in [2.24, 2.45) is 5.92 Å². The van der Waals surface area contributed by atoms with Crippen molar-refractivity contribution in [3.05, 3.63) is 71.8 Å². The van der Waals surface area contributed by atoms with Gasteiger partial charge in [-0.15, -0.1) is 0 Å². The minimum absolute atomic E-state index is 0.0992. The van der Waals surface area contributed by atoms with Crippen LogP contribution in [0.5, 0.6) is 5.75 Å². The smallest absolute Gasteiger partial charge is 0.246 e. The second kappa shape index (κ2) is 8.52. The van der Waals surface area contributed by atoms with Crippen LogP contribution in [0.2, 0.25) is 0 Å². The molecule has 1 aliphatic heterocycles. The van der Waals surface area contributed by atoms with Gasteiger partial charge in [0.15, 0.2) is 0 Å². The van der Waals surface area contributed by atoms with Crippen molar-refractivity contribution < 1.29 is 9.53 Å². The molecule has 2 aromatic carbocycles. The fourth-order valence-electron chi connectivity index (χ4n) is 3.11. The van der Waals surface area contributed by atoms with Crippen molar-refractivity contribution in [2.45, 2.75) is 26.4 Å². The molecule has 3 heteroatoms. The third-order valence-corrected chi connectivity index (χ3v) is 4.49. The Hall–Kier alpha value is -2.55. The number of carbonyl (C=O) groups is 1. The molecule has 1 aliphatic rings. The summed E-state index contributed by atoms with van der Waals surface area (Å²) in [6, 6.07) is 17.9. The Bertz CT molecular complexity index is 724. The Morgan fingerprint density at radius 3 is 2.84 bits per heavy atom. The van der Waals surface area contributed by atoms with Gasteiger partial charge in [0.25, 0.3) is 0 Å². The van der Waals surface area contributed by atoms with Crippen LogP contribution in [0.1, 0.15) is 30.9 Å². The number of hydrogen-bond acceptors (Lipinski definition) is 2. The molecular weight excluding hydrogens is 310 g/mol. The van der Waals surface area contributed by atoms with Crippen LogP contribution in [0.4, 0.5) is 0 Å². The monoisotopic (exact) mass is 335 g/mol. The van der Waals surface area contributed by atoms with Gasteiger partial charge in [-0.3, -0.25) is 4.79 Å². The zero-order chi connectivity index (χ0) is 17.5. The number of likely N-dealkylation sites (tertiary alicyclic amines) is 1. The first-order chi connectivity index (χ1) is 12.2. The van der Waals surface area contributed by atoms with Crippen LogP contribution >= 0.6 is 0 Å². The molecule has 2 aromatic rings. The number of benzene rings is 2. The summed E-state index contributed by atoms with van der Waals surface area (Å²) in [6.07, 6.45) is 5.86. The fraction of sp³-hybridized carbons (Fsp3) is 0.318. The van der Waals surface area contributed by atoms with E-state index in [0.29, 0.717) is 12.5 Å². The Kier molecular flexibility index (Phi) is 5.89. The third-order valence-electron chi connectivity index (χ3n) is 4.49. The van der Waals surface area contributed by atoms with E-state index < -0.39 is 0 Å². The summed E-state index contributed by atoms with van der Waals surface area (Å²) in [5.74, 6) is 1.51.